The lowest BCUT2D eigenvalue weighted by Gasteiger charge is -2.33. The highest BCUT2D eigenvalue weighted by molar-refractivity contribution is 7.98. The molecule has 0 bridgehead atoms. The van der Waals surface area contributed by atoms with Crippen LogP contribution in [-0.4, -0.2) is 59.1 Å². The number of aliphatic carboxylic acids is 1. The monoisotopic (exact) mass is 316 g/mol. The third-order valence-electron chi connectivity index (χ3n) is 4.09. The van der Waals surface area contributed by atoms with Gasteiger partial charge < -0.3 is 10.4 Å². The lowest BCUT2D eigenvalue weighted by atomic mass is 9.94. The van der Waals surface area contributed by atoms with E-state index in [2.05, 4.69) is 17.1 Å². The number of likely N-dealkylation sites (N-methyl/N-ethyl adjacent to an activating group) is 1. The van der Waals surface area contributed by atoms with Crippen LogP contribution in [0.15, 0.2) is 0 Å². The average molecular weight is 316 g/mol. The van der Waals surface area contributed by atoms with Gasteiger partial charge in [-0.2, -0.15) is 11.8 Å². The largest absolute Gasteiger partial charge is 0.480 e. The molecule has 0 radical (unpaired) electrons. The zero-order valence-electron chi connectivity index (χ0n) is 13.1. The van der Waals surface area contributed by atoms with E-state index in [0.29, 0.717) is 19.0 Å². The molecule has 0 aromatic rings. The zero-order valence-corrected chi connectivity index (χ0v) is 14.0. The SMILES string of the molecule is CCN(CC(=O)NC(CCSC)C(=O)O)C1CCCCC1. The van der Waals surface area contributed by atoms with Crippen molar-refractivity contribution in [3.8, 4) is 0 Å². The maximum atomic E-state index is 12.1. The van der Waals surface area contributed by atoms with Crippen molar-refractivity contribution < 1.29 is 14.7 Å². The van der Waals surface area contributed by atoms with E-state index < -0.39 is 12.0 Å². The molecule has 1 saturated carbocycles. The molecule has 6 heteroatoms. The van der Waals surface area contributed by atoms with Gasteiger partial charge in [0.2, 0.25) is 5.91 Å². The van der Waals surface area contributed by atoms with Gasteiger partial charge in [-0.1, -0.05) is 26.2 Å². The van der Waals surface area contributed by atoms with Gasteiger partial charge in [-0.05, 0) is 37.8 Å². The molecule has 0 aromatic carbocycles. The minimum Gasteiger partial charge on any atom is -0.480 e. The van der Waals surface area contributed by atoms with Crippen LogP contribution in [0.5, 0.6) is 0 Å². The first-order valence-electron chi connectivity index (χ1n) is 7.83. The second-order valence-electron chi connectivity index (χ2n) is 5.59. The van der Waals surface area contributed by atoms with Crippen molar-refractivity contribution in [3.63, 3.8) is 0 Å². The van der Waals surface area contributed by atoms with Gasteiger partial charge in [0.05, 0.1) is 6.54 Å². The van der Waals surface area contributed by atoms with E-state index in [-0.39, 0.29) is 5.91 Å². The van der Waals surface area contributed by atoms with E-state index >= 15 is 0 Å². The first-order chi connectivity index (χ1) is 10.1. The molecule has 1 aliphatic carbocycles. The predicted molar refractivity (Wildman–Crippen MR) is 86.7 cm³/mol. The van der Waals surface area contributed by atoms with E-state index in [9.17, 15) is 9.59 Å². The van der Waals surface area contributed by atoms with Crippen molar-refractivity contribution in [3.05, 3.63) is 0 Å². The summed E-state index contributed by atoms with van der Waals surface area (Å²) in [6.45, 7) is 3.20. The van der Waals surface area contributed by atoms with Gasteiger partial charge in [-0.15, -0.1) is 0 Å². The van der Waals surface area contributed by atoms with Crippen molar-refractivity contribution in [2.24, 2.45) is 0 Å². The highest BCUT2D eigenvalue weighted by atomic mass is 32.2. The number of hydrogen-bond donors (Lipinski definition) is 2. The molecule has 1 fully saturated rings. The van der Waals surface area contributed by atoms with Gasteiger partial charge in [-0.3, -0.25) is 9.69 Å². The molecule has 0 spiro atoms. The van der Waals surface area contributed by atoms with Crippen LogP contribution < -0.4 is 5.32 Å². The van der Waals surface area contributed by atoms with Gasteiger partial charge >= 0.3 is 5.97 Å². The Labute approximate surface area is 131 Å². The zero-order chi connectivity index (χ0) is 15.7. The van der Waals surface area contributed by atoms with Gasteiger partial charge in [-0.25, -0.2) is 4.79 Å². The van der Waals surface area contributed by atoms with Crippen LogP contribution in [-0.2, 0) is 9.59 Å². The van der Waals surface area contributed by atoms with E-state index in [1.54, 1.807) is 11.8 Å². The third kappa shape index (κ3) is 6.70. The van der Waals surface area contributed by atoms with E-state index in [0.717, 1.165) is 25.1 Å². The molecule has 0 aromatic heterocycles. The van der Waals surface area contributed by atoms with E-state index in [1.165, 1.54) is 19.3 Å². The van der Waals surface area contributed by atoms with Crippen molar-refractivity contribution in [2.75, 3.05) is 25.1 Å². The van der Waals surface area contributed by atoms with Crippen LogP contribution in [0.1, 0.15) is 45.4 Å². The topological polar surface area (TPSA) is 69.6 Å². The molecule has 0 aliphatic heterocycles. The summed E-state index contributed by atoms with van der Waals surface area (Å²) in [5.74, 6) is -0.383. The van der Waals surface area contributed by atoms with Crippen molar-refractivity contribution in [1.82, 2.24) is 10.2 Å². The Hall–Kier alpha value is -0.750. The number of thioether (sulfide) groups is 1. The molecule has 2 N–H and O–H groups in total. The summed E-state index contributed by atoms with van der Waals surface area (Å²) in [6, 6.07) is -0.293. The molecule has 1 atom stereocenters. The molecule has 5 nitrogen and oxygen atoms in total. The lowest BCUT2D eigenvalue weighted by Crippen LogP contribution is -2.48. The molecule has 1 rings (SSSR count). The number of nitrogens with zero attached hydrogens (tertiary/aromatic N) is 1. The van der Waals surface area contributed by atoms with Crippen molar-refractivity contribution in [1.29, 1.82) is 0 Å². The van der Waals surface area contributed by atoms with Crippen LogP contribution in [0.3, 0.4) is 0 Å². The Morgan fingerprint density at radius 2 is 2.00 bits per heavy atom. The first kappa shape index (κ1) is 18.3. The lowest BCUT2D eigenvalue weighted by molar-refractivity contribution is -0.142. The average Bonchev–Trinajstić information content (AvgIpc) is 2.49. The molecule has 0 heterocycles. The molecule has 21 heavy (non-hydrogen) atoms. The maximum Gasteiger partial charge on any atom is 0.326 e. The van der Waals surface area contributed by atoms with E-state index in [1.807, 2.05) is 6.26 Å². The number of rotatable bonds is 9. The maximum absolute atomic E-state index is 12.1. The third-order valence-corrected chi connectivity index (χ3v) is 4.73. The number of carboxylic acids is 1. The standard InChI is InChI=1S/C15H28N2O3S/c1-3-17(12-7-5-4-6-8-12)11-14(18)16-13(15(19)20)9-10-21-2/h12-13H,3-11H2,1-2H3,(H,16,18)(H,19,20). The highest BCUT2D eigenvalue weighted by Crippen LogP contribution is 2.22. The quantitative estimate of drug-likeness (QED) is 0.680. The Kier molecular flexibility index (Phi) is 8.76. The summed E-state index contributed by atoms with van der Waals surface area (Å²) >= 11 is 1.59. The minimum atomic E-state index is -0.946. The first-order valence-corrected chi connectivity index (χ1v) is 9.23. The van der Waals surface area contributed by atoms with Crippen molar-refractivity contribution in [2.45, 2.75) is 57.5 Å². The molecule has 1 unspecified atom stereocenters. The Balaban J connectivity index is 2.46. The Bertz CT molecular complexity index is 333. The Morgan fingerprint density at radius 3 is 2.52 bits per heavy atom. The summed E-state index contributed by atoms with van der Waals surface area (Å²) < 4.78 is 0. The van der Waals surface area contributed by atoms with Crippen LogP contribution in [0, 0.1) is 0 Å². The molecular weight excluding hydrogens is 288 g/mol. The Morgan fingerprint density at radius 1 is 1.33 bits per heavy atom. The smallest absolute Gasteiger partial charge is 0.326 e. The van der Waals surface area contributed by atoms with Crippen LogP contribution in [0.4, 0.5) is 0 Å². The minimum absolute atomic E-state index is 0.170. The van der Waals surface area contributed by atoms with E-state index in [4.69, 9.17) is 5.11 Å². The van der Waals surface area contributed by atoms with Crippen molar-refractivity contribution >= 4 is 23.6 Å². The molecule has 0 saturated heterocycles. The number of hydrogen-bond acceptors (Lipinski definition) is 4. The normalized spacial score (nSPS) is 17.7. The summed E-state index contributed by atoms with van der Waals surface area (Å²) in [6.07, 6.45) is 8.45. The highest BCUT2D eigenvalue weighted by Gasteiger charge is 2.24. The van der Waals surface area contributed by atoms with Gasteiger partial charge in [0.1, 0.15) is 6.04 Å². The summed E-state index contributed by atoms with van der Waals surface area (Å²) in [5.41, 5.74) is 0. The van der Waals surface area contributed by atoms with Crippen LogP contribution in [0.2, 0.25) is 0 Å². The fourth-order valence-electron chi connectivity index (χ4n) is 2.86. The van der Waals surface area contributed by atoms with Crippen LogP contribution >= 0.6 is 11.8 Å². The fraction of sp³-hybridized carbons (Fsp3) is 0.867. The van der Waals surface area contributed by atoms with Crippen LogP contribution in [0.25, 0.3) is 0 Å². The predicted octanol–water partition coefficient (Wildman–Crippen LogP) is 1.96. The second kappa shape index (κ2) is 10.1. The summed E-state index contributed by atoms with van der Waals surface area (Å²) in [5, 5.41) is 11.8. The molecule has 1 amide bonds. The number of nitrogens with one attached hydrogen (secondary N) is 1. The van der Waals surface area contributed by atoms with Gasteiger partial charge in [0.15, 0.2) is 0 Å². The number of carbonyl (C=O) groups excluding carboxylic acids is 1. The van der Waals surface area contributed by atoms with Gasteiger partial charge in [0, 0.05) is 6.04 Å². The fourth-order valence-corrected chi connectivity index (χ4v) is 3.33. The second-order valence-corrected chi connectivity index (χ2v) is 6.58. The molecular formula is C15H28N2O3S. The summed E-state index contributed by atoms with van der Waals surface area (Å²) in [7, 11) is 0. The molecule has 1 aliphatic rings. The molecule has 122 valence electrons. The number of carbonyl (C=O) groups is 2. The number of amides is 1. The number of carboxylic acid groups (broad SMARTS) is 1. The van der Waals surface area contributed by atoms with Gasteiger partial charge in [0.25, 0.3) is 0 Å². The summed E-state index contributed by atoms with van der Waals surface area (Å²) in [4.78, 5) is 25.5.